The molecule has 4 rings (SSSR count). The Kier molecular flexibility index (Phi) is 5.01. The van der Waals surface area contributed by atoms with Crippen LogP contribution in [0.25, 0.3) is 22.4 Å². The van der Waals surface area contributed by atoms with Crippen molar-refractivity contribution in [2.75, 3.05) is 5.43 Å². The van der Waals surface area contributed by atoms with Crippen molar-refractivity contribution in [1.82, 2.24) is 9.55 Å². The van der Waals surface area contributed by atoms with Crippen LogP contribution in [-0.2, 0) is 6.54 Å². The maximum absolute atomic E-state index is 11.0. The van der Waals surface area contributed by atoms with Crippen molar-refractivity contribution < 1.29 is 9.34 Å². The second-order valence-corrected chi connectivity index (χ2v) is 6.57. The van der Waals surface area contributed by atoms with E-state index < -0.39 is 4.92 Å². The van der Waals surface area contributed by atoms with Crippen molar-refractivity contribution in [3.8, 4) is 11.3 Å². The smallest absolute Gasteiger partial charge is 0.270 e. The number of para-hydroxylation sites is 2. The van der Waals surface area contributed by atoms with Crippen LogP contribution in [-0.4, -0.2) is 20.7 Å². The third-order valence-electron chi connectivity index (χ3n) is 4.38. The summed E-state index contributed by atoms with van der Waals surface area (Å²) in [6, 6.07) is 15.4. The Morgan fingerprint density at radius 1 is 1.28 bits per heavy atom. The number of rotatable bonds is 6. The van der Waals surface area contributed by atoms with E-state index in [0.29, 0.717) is 28.1 Å². The van der Waals surface area contributed by atoms with Crippen molar-refractivity contribution in [2.45, 2.75) is 13.5 Å². The van der Waals surface area contributed by atoms with E-state index in [0.717, 1.165) is 17.6 Å². The monoisotopic (exact) mass is 409 g/mol. The fraction of sp³-hybridized carbons (Fsp3) is 0.100. The van der Waals surface area contributed by atoms with Gasteiger partial charge in [-0.05, 0) is 37.3 Å². The lowest BCUT2D eigenvalue weighted by molar-refractivity contribution is -0.384. The maximum Gasteiger partial charge on any atom is 0.270 e. The normalized spacial score (nSPS) is 11.4. The van der Waals surface area contributed by atoms with E-state index in [1.165, 1.54) is 24.4 Å². The lowest BCUT2D eigenvalue weighted by Crippen LogP contribution is -2.01. The van der Waals surface area contributed by atoms with E-state index in [1.54, 1.807) is 12.1 Å². The van der Waals surface area contributed by atoms with Crippen LogP contribution >= 0.6 is 11.6 Å². The Bertz CT molecular complexity index is 1230. The molecule has 0 saturated heterocycles. The van der Waals surface area contributed by atoms with Crippen molar-refractivity contribution in [3.05, 3.63) is 75.5 Å². The first-order valence-electron chi connectivity index (χ1n) is 8.85. The average molecular weight is 410 g/mol. The zero-order valence-corrected chi connectivity index (χ0v) is 16.1. The molecule has 0 radical (unpaired) electrons. The van der Waals surface area contributed by atoms with E-state index in [2.05, 4.69) is 15.5 Å². The van der Waals surface area contributed by atoms with Gasteiger partial charge >= 0.3 is 0 Å². The van der Waals surface area contributed by atoms with E-state index in [1.807, 2.05) is 35.8 Å². The first-order chi connectivity index (χ1) is 14.1. The molecule has 0 bridgehead atoms. The molecule has 1 N–H and O–H groups in total. The molecule has 8 nitrogen and oxygen atoms in total. The summed E-state index contributed by atoms with van der Waals surface area (Å²) in [6.45, 7) is 2.78. The third kappa shape index (κ3) is 3.70. The number of aryl methyl sites for hydroxylation is 1. The summed E-state index contributed by atoms with van der Waals surface area (Å²) in [5.74, 6) is 1.51. The molecule has 0 atom stereocenters. The van der Waals surface area contributed by atoms with Crippen molar-refractivity contribution in [2.24, 2.45) is 5.10 Å². The number of nitrogens with one attached hydrogen (secondary N) is 1. The molecule has 4 aromatic rings. The van der Waals surface area contributed by atoms with Gasteiger partial charge < -0.3 is 8.98 Å². The maximum atomic E-state index is 11.0. The molecule has 0 amide bonds. The summed E-state index contributed by atoms with van der Waals surface area (Å²) in [5, 5.41) is 15.6. The van der Waals surface area contributed by atoms with Gasteiger partial charge in [0.2, 0.25) is 5.95 Å². The zero-order valence-electron chi connectivity index (χ0n) is 15.4. The van der Waals surface area contributed by atoms with Crippen molar-refractivity contribution in [3.63, 3.8) is 0 Å². The molecule has 0 unspecified atom stereocenters. The number of nitrogens with zero attached hydrogens (tertiary/aromatic N) is 4. The number of anilines is 1. The first kappa shape index (κ1) is 18.7. The van der Waals surface area contributed by atoms with Crippen LogP contribution in [0.2, 0.25) is 5.02 Å². The molecule has 0 aliphatic heterocycles. The first-order valence-corrected chi connectivity index (χ1v) is 9.23. The Balaban J connectivity index is 1.55. The summed E-state index contributed by atoms with van der Waals surface area (Å²) in [6.07, 6.45) is 1.51. The van der Waals surface area contributed by atoms with E-state index >= 15 is 0 Å². The van der Waals surface area contributed by atoms with E-state index in [9.17, 15) is 10.1 Å². The highest BCUT2D eigenvalue weighted by Crippen LogP contribution is 2.32. The van der Waals surface area contributed by atoms with Crippen LogP contribution in [0.5, 0.6) is 0 Å². The number of nitro groups is 1. The van der Waals surface area contributed by atoms with Gasteiger partial charge in [-0.2, -0.15) is 5.10 Å². The van der Waals surface area contributed by atoms with Crippen LogP contribution in [0.4, 0.5) is 11.6 Å². The van der Waals surface area contributed by atoms with Gasteiger partial charge in [0.15, 0.2) is 0 Å². The highest BCUT2D eigenvalue weighted by molar-refractivity contribution is 6.33. The molecule has 2 aromatic carbocycles. The lowest BCUT2D eigenvalue weighted by atomic mass is 10.1. The van der Waals surface area contributed by atoms with Crippen LogP contribution in [0.15, 0.2) is 64.1 Å². The summed E-state index contributed by atoms with van der Waals surface area (Å²) in [4.78, 5) is 15.0. The number of fused-ring (bicyclic) bond motifs is 1. The third-order valence-corrected chi connectivity index (χ3v) is 4.71. The molecule has 2 heterocycles. The van der Waals surface area contributed by atoms with Crippen molar-refractivity contribution in [1.29, 1.82) is 0 Å². The molecular weight excluding hydrogens is 394 g/mol. The summed E-state index contributed by atoms with van der Waals surface area (Å²) in [7, 11) is 0. The number of imidazole rings is 1. The molecule has 9 heteroatoms. The number of halogens is 1. The number of benzene rings is 2. The minimum absolute atomic E-state index is 0.0591. The van der Waals surface area contributed by atoms with Gasteiger partial charge in [0.1, 0.15) is 11.5 Å². The van der Waals surface area contributed by atoms with E-state index in [-0.39, 0.29) is 5.69 Å². The number of aromatic nitrogens is 2. The summed E-state index contributed by atoms with van der Waals surface area (Å²) < 4.78 is 7.73. The topological polar surface area (TPSA) is 98.5 Å². The molecule has 0 saturated carbocycles. The minimum Gasteiger partial charge on any atom is -0.455 e. The molecule has 146 valence electrons. The number of non-ortho nitro benzene ring substituents is 1. The van der Waals surface area contributed by atoms with Gasteiger partial charge in [0.25, 0.3) is 5.69 Å². The van der Waals surface area contributed by atoms with Gasteiger partial charge in [0, 0.05) is 24.2 Å². The Labute approximate surface area is 170 Å². The highest BCUT2D eigenvalue weighted by Gasteiger charge is 2.14. The summed E-state index contributed by atoms with van der Waals surface area (Å²) >= 11 is 6.16. The van der Waals surface area contributed by atoms with Gasteiger partial charge in [-0.15, -0.1) is 0 Å². The predicted molar refractivity (Wildman–Crippen MR) is 112 cm³/mol. The Morgan fingerprint density at radius 2 is 2.10 bits per heavy atom. The van der Waals surface area contributed by atoms with Crippen molar-refractivity contribution >= 4 is 40.5 Å². The van der Waals surface area contributed by atoms with Gasteiger partial charge in [-0.3, -0.25) is 10.1 Å². The minimum atomic E-state index is -0.477. The van der Waals surface area contributed by atoms with Crippen LogP contribution in [0.1, 0.15) is 12.7 Å². The Morgan fingerprint density at radius 3 is 2.90 bits per heavy atom. The summed E-state index contributed by atoms with van der Waals surface area (Å²) in [5.41, 5.74) is 5.22. The largest absolute Gasteiger partial charge is 0.455 e. The SMILES string of the molecule is CCn1c(N/N=C\c2ccc(-c3cc([N+](=O)[O-])ccc3Cl)o2)nc2ccccc21. The highest BCUT2D eigenvalue weighted by atomic mass is 35.5. The standard InChI is InChI=1S/C20H16ClN5O3/c1-2-25-18-6-4-3-5-17(18)23-20(25)24-22-12-14-8-10-19(29-14)15-11-13(26(27)28)7-9-16(15)21/h3-12H,2H2,1H3,(H,23,24)/b22-12-. The average Bonchev–Trinajstić information content (AvgIpc) is 3.32. The second kappa shape index (κ2) is 7.76. The van der Waals surface area contributed by atoms with Crippen LogP contribution < -0.4 is 5.43 Å². The molecule has 0 aliphatic rings. The van der Waals surface area contributed by atoms with Crippen LogP contribution in [0.3, 0.4) is 0 Å². The number of hydrazone groups is 1. The fourth-order valence-corrected chi connectivity index (χ4v) is 3.23. The second-order valence-electron chi connectivity index (χ2n) is 6.16. The van der Waals surface area contributed by atoms with Crippen LogP contribution in [0, 0.1) is 10.1 Å². The lowest BCUT2D eigenvalue weighted by Gasteiger charge is -2.04. The number of nitro benzene ring substituents is 1. The molecule has 0 fully saturated rings. The fourth-order valence-electron chi connectivity index (χ4n) is 3.02. The number of hydrogen-bond acceptors (Lipinski definition) is 6. The quantitative estimate of drug-likeness (QED) is 0.264. The van der Waals surface area contributed by atoms with Gasteiger partial charge in [-0.25, -0.2) is 10.4 Å². The molecule has 2 aromatic heterocycles. The molecule has 0 spiro atoms. The van der Waals surface area contributed by atoms with Gasteiger partial charge in [-0.1, -0.05) is 23.7 Å². The predicted octanol–water partition coefficient (Wildman–Crippen LogP) is 5.32. The van der Waals surface area contributed by atoms with E-state index in [4.69, 9.17) is 16.0 Å². The molecule has 29 heavy (non-hydrogen) atoms. The number of furan rings is 1. The Hall–Kier alpha value is -3.65. The number of hydrogen-bond donors (Lipinski definition) is 1. The molecule has 0 aliphatic carbocycles. The zero-order chi connectivity index (χ0) is 20.4. The van der Waals surface area contributed by atoms with Gasteiger partial charge in [0.05, 0.1) is 27.2 Å². The molecular formula is C20H16ClN5O3.